The summed E-state index contributed by atoms with van der Waals surface area (Å²) in [5.41, 5.74) is 0. The minimum atomic E-state index is -0.271. The van der Waals surface area contributed by atoms with Crippen molar-refractivity contribution in [3.63, 3.8) is 0 Å². The molecule has 0 aromatic heterocycles. The fourth-order valence-electron chi connectivity index (χ4n) is 3.35. The first kappa shape index (κ1) is 15.8. The molecule has 0 bridgehead atoms. The standard InChI is InChI=1S/C16H30N2O2/c1-3-15(20-14-8-4-6-12(2)10-14)16(19)18-13-7-5-9-17-11-13/h12-15,17H,3-11H2,1-2H3,(H,18,19)/t12?,13-,14?,15?/m0/s1. The number of amides is 1. The van der Waals surface area contributed by atoms with Crippen LogP contribution in [-0.4, -0.2) is 37.2 Å². The second kappa shape index (κ2) is 7.99. The molecule has 1 aliphatic heterocycles. The molecule has 0 aromatic rings. The lowest BCUT2D eigenvalue weighted by molar-refractivity contribution is -0.139. The van der Waals surface area contributed by atoms with Crippen LogP contribution < -0.4 is 10.6 Å². The fraction of sp³-hybridized carbons (Fsp3) is 0.938. The van der Waals surface area contributed by atoms with E-state index in [9.17, 15) is 4.79 Å². The van der Waals surface area contributed by atoms with Crippen LogP contribution in [0.5, 0.6) is 0 Å². The minimum Gasteiger partial charge on any atom is -0.365 e. The van der Waals surface area contributed by atoms with Crippen LogP contribution in [-0.2, 0) is 9.53 Å². The highest BCUT2D eigenvalue weighted by atomic mass is 16.5. The van der Waals surface area contributed by atoms with Crippen molar-refractivity contribution in [2.24, 2.45) is 5.92 Å². The number of hydrogen-bond acceptors (Lipinski definition) is 3. The molecule has 2 aliphatic rings. The lowest BCUT2D eigenvalue weighted by atomic mass is 9.88. The number of nitrogens with one attached hydrogen (secondary N) is 2. The molecule has 0 aromatic carbocycles. The second-order valence-electron chi connectivity index (χ2n) is 6.48. The maximum absolute atomic E-state index is 12.3. The topological polar surface area (TPSA) is 50.4 Å². The average Bonchev–Trinajstić information content (AvgIpc) is 2.46. The maximum Gasteiger partial charge on any atom is 0.249 e. The van der Waals surface area contributed by atoms with E-state index in [4.69, 9.17) is 4.74 Å². The summed E-state index contributed by atoms with van der Waals surface area (Å²) in [6, 6.07) is 0.277. The normalized spacial score (nSPS) is 32.6. The Balaban J connectivity index is 1.78. The van der Waals surface area contributed by atoms with E-state index in [0.29, 0.717) is 0 Å². The molecule has 1 aliphatic carbocycles. The summed E-state index contributed by atoms with van der Waals surface area (Å²) in [4.78, 5) is 12.3. The van der Waals surface area contributed by atoms with Crippen molar-refractivity contribution in [3.05, 3.63) is 0 Å². The summed E-state index contributed by atoms with van der Waals surface area (Å²) in [5, 5.41) is 6.47. The maximum atomic E-state index is 12.3. The van der Waals surface area contributed by atoms with Crippen molar-refractivity contribution in [2.45, 2.75) is 77.0 Å². The van der Waals surface area contributed by atoms with E-state index in [1.807, 2.05) is 6.92 Å². The van der Waals surface area contributed by atoms with Gasteiger partial charge in [0.2, 0.25) is 5.91 Å². The molecule has 4 heteroatoms. The quantitative estimate of drug-likeness (QED) is 0.813. The predicted octanol–water partition coefficient (Wildman–Crippen LogP) is 2.23. The van der Waals surface area contributed by atoms with Crippen molar-refractivity contribution in [1.82, 2.24) is 10.6 Å². The Bertz CT molecular complexity index is 303. The van der Waals surface area contributed by atoms with Gasteiger partial charge in [0, 0.05) is 12.6 Å². The van der Waals surface area contributed by atoms with Crippen LogP contribution in [0.2, 0.25) is 0 Å². The molecular weight excluding hydrogens is 252 g/mol. The summed E-state index contributed by atoms with van der Waals surface area (Å²) >= 11 is 0. The molecule has 2 N–H and O–H groups in total. The molecular formula is C16H30N2O2. The first-order valence-corrected chi connectivity index (χ1v) is 8.35. The highest BCUT2D eigenvalue weighted by Crippen LogP contribution is 2.27. The predicted molar refractivity (Wildman–Crippen MR) is 80.6 cm³/mol. The molecule has 0 spiro atoms. The van der Waals surface area contributed by atoms with Gasteiger partial charge in [-0.1, -0.05) is 26.7 Å². The van der Waals surface area contributed by atoms with Crippen molar-refractivity contribution >= 4 is 5.91 Å². The molecule has 1 saturated carbocycles. The van der Waals surface area contributed by atoms with Crippen LogP contribution in [0.25, 0.3) is 0 Å². The third-order valence-electron chi connectivity index (χ3n) is 4.55. The van der Waals surface area contributed by atoms with E-state index >= 15 is 0 Å². The van der Waals surface area contributed by atoms with Crippen LogP contribution in [0.4, 0.5) is 0 Å². The molecule has 20 heavy (non-hydrogen) atoms. The summed E-state index contributed by atoms with van der Waals surface area (Å²) in [6.07, 6.45) is 7.74. The zero-order valence-corrected chi connectivity index (χ0v) is 13.0. The van der Waals surface area contributed by atoms with Crippen LogP contribution in [0.1, 0.15) is 58.8 Å². The van der Waals surface area contributed by atoms with Gasteiger partial charge in [-0.2, -0.15) is 0 Å². The largest absolute Gasteiger partial charge is 0.365 e. The molecule has 0 radical (unpaired) electrons. The minimum absolute atomic E-state index is 0.0828. The number of hydrogen-bond donors (Lipinski definition) is 2. The summed E-state index contributed by atoms with van der Waals surface area (Å²) in [5.74, 6) is 0.816. The van der Waals surface area contributed by atoms with Crippen LogP contribution in [0.3, 0.4) is 0 Å². The molecule has 1 heterocycles. The Kier molecular flexibility index (Phi) is 6.30. The SMILES string of the molecule is CCC(OC1CCCC(C)C1)C(=O)N[C@H]1CCCNC1. The number of carbonyl (C=O) groups is 1. The Morgan fingerprint density at radius 1 is 1.35 bits per heavy atom. The smallest absolute Gasteiger partial charge is 0.249 e. The fourth-order valence-corrected chi connectivity index (χ4v) is 3.35. The van der Waals surface area contributed by atoms with Crippen LogP contribution in [0, 0.1) is 5.92 Å². The van der Waals surface area contributed by atoms with Gasteiger partial charge in [0.1, 0.15) is 6.10 Å². The van der Waals surface area contributed by atoms with E-state index in [2.05, 4.69) is 17.6 Å². The van der Waals surface area contributed by atoms with Gasteiger partial charge in [0.25, 0.3) is 0 Å². The number of ether oxygens (including phenoxy) is 1. The number of piperidine rings is 1. The third-order valence-corrected chi connectivity index (χ3v) is 4.55. The molecule has 4 atom stereocenters. The Morgan fingerprint density at radius 3 is 2.85 bits per heavy atom. The highest BCUT2D eigenvalue weighted by molar-refractivity contribution is 5.81. The van der Waals surface area contributed by atoms with Gasteiger partial charge in [-0.25, -0.2) is 0 Å². The molecule has 1 saturated heterocycles. The van der Waals surface area contributed by atoms with Crippen molar-refractivity contribution in [1.29, 1.82) is 0 Å². The van der Waals surface area contributed by atoms with E-state index in [-0.39, 0.29) is 24.2 Å². The third kappa shape index (κ3) is 4.74. The average molecular weight is 282 g/mol. The lowest BCUT2D eigenvalue weighted by Crippen LogP contribution is -2.49. The van der Waals surface area contributed by atoms with E-state index in [1.54, 1.807) is 0 Å². The van der Waals surface area contributed by atoms with Gasteiger partial charge in [0.05, 0.1) is 6.10 Å². The van der Waals surface area contributed by atoms with Crippen LogP contribution >= 0.6 is 0 Å². The molecule has 1 amide bonds. The zero-order chi connectivity index (χ0) is 14.4. The van der Waals surface area contributed by atoms with Crippen LogP contribution in [0.15, 0.2) is 0 Å². The first-order chi connectivity index (χ1) is 9.69. The van der Waals surface area contributed by atoms with Crippen molar-refractivity contribution in [3.8, 4) is 0 Å². The monoisotopic (exact) mass is 282 g/mol. The van der Waals surface area contributed by atoms with Gasteiger partial charge in [-0.3, -0.25) is 4.79 Å². The molecule has 3 unspecified atom stereocenters. The van der Waals surface area contributed by atoms with E-state index in [1.165, 1.54) is 12.8 Å². The van der Waals surface area contributed by atoms with Gasteiger partial charge in [-0.05, 0) is 44.6 Å². The summed E-state index contributed by atoms with van der Waals surface area (Å²) in [6.45, 7) is 6.28. The Labute approximate surface area is 123 Å². The van der Waals surface area contributed by atoms with Gasteiger partial charge >= 0.3 is 0 Å². The first-order valence-electron chi connectivity index (χ1n) is 8.35. The molecule has 2 rings (SSSR count). The number of carbonyl (C=O) groups excluding carboxylic acids is 1. The Hall–Kier alpha value is -0.610. The summed E-state index contributed by atoms with van der Waals surface area (Å²) < 4.78 is 6.08. The summed E-state index contributed by atoms with van der Waals surface area (Å²) in [7, 11) is 0. The van der Waals surface area contributed by atoms with Gasteiger partial charge in [-0.15, -0.1) is 0 Å². The molecule has 116 valence electrons. The molecule has 2 fully saturated rings. The van der Waals surface area contributed by atoms with E-state index in [0.717, 1.165) is 51.1 Å². The zero-order valence-electron chi connectivity index (χ0n) is 13.0. The second-order valence-corrected chi connectivity index (χ2v) is 6.48. The van der Waals surface area contributed by atoms with Crippen molar-refractivity contribution in [2.75, 3.05) is 13.1 Å². The lowest BCUT2D eigenvalue weighted by Gasteiger charge is -2.31. The Morgan fingerprint density at radius 2 is 2.20 bits per heavy atom. The van der Waals surface area contributed by atoms with E-state index < -0.39 is 0 Å². The van der Waals surface area contributed by atoms with Crippen molar-refractivity contribution < 1.29 is 9.53 Å². The molecule has 4 nitrogen and oxygen atoms in total. The highest BCUT2D eigenvalue weighted by Gasteiger charge is 2.27. The van der Waals surface area contributed by atoms with Gasteiger partial charge in [0.15, 0.2) is 0 Å². The number of rotatable bonds is 5. The van der Waals surface area contributed by atoms with Gasteiger partial charge < -0.3 is 15.4 Å².